The van der Waals surface area contributed by atoms with E-state index in [1.54, 1.807) is 0 Å². The smallest absolute Gasteiger partial charge is 0.233 e. The highest BCUT2D eigenvalue weighted by Crippen LogP contribution is 2.25. The summed E-state index contributed by atoms with van der Waals surface area (Å²) in [5.74, 6) is 1.01. The first-order valence-electron chi connectivity index (χ1n) is 9.91. The van der Waals surface area contributed by atoms with Gasteiger partial charge in [0.2, 0.25) is 16.0 Å². The van der Waals surface area contributed by atoms with Crippen LogP contribution in [0.3, 0.4) is 0 Å². The van der Waals surface area contributed by atoms with E-state index in [9.17, 15) is 8.42 Å². The molecule has 0 saturated heterocycles. The minimum Gasteiger partial charge on any atom is -0.363 e. The lowest BCUT2D eigenvalue weighted by Crippen LogP contribution is -2.27. The standard InChI is InChI=1S/C20H23ClN8O2S.ClH/c1-29(32(2,30)31)19-17(23-7-8-24-19)12-25-18-16(21)11-26-20(28-18)27-15-4-3-14-10-22-6-5-13(14)9-15;/h3-4,7-9,11,22H,5-6,10,12H2,1-2H3,(H2,25,26,27,28);1H. The fourth-order valence-corrected chi connectivity index (χ4v) is 3.93. The van der Waals surface area contributed by atoms with Gasteiger partial charge in [0.25, 0.3) is 0 Å². The maximum absolute atomic E-state index is 11.9. The van der Waals surface area contributed by atoms with Crippen molar-refractivity contribution in [3.8, 4) is 0 Å². The molecule has 0 atom stereocenters. The summed E-state index contributed by atoms with van der Waals surface area (Å²) in [7, 11) is -2.05. The Bertz CT molecular complexity index is 1240. The predicted octanol–water partition coefficient (Wildman–Crippen LogP) is 2.74. The molecular formula is C20H24Cl2N8O2S. The van der Waals surface area contributed by atoms with Crippen LogP contribution in [-0.4, -0.2) is 48.2 Å². The first-order valence-corrected chi connectivity index (χ1v) is 12.1. The summed E-state index contributed by atoms with van der Waals surface area (Å²) in [5, 5.41) is 9.99. The maximum atomic E-state index is 11.9. The van der Waals surface area contributed by atoms with Crippen molar-refractivity contribution in [1.82, 2.24) is 25.3 Å². The molecule has 176 valence electrons. The van der Waals surface area contributed by atoms with Crippen LogP contribution < -0.4 is 20.3 Å². The molecule has 0 bridgehead atoms. The van der Waals surface area contributed by atoms with Crippen LogP contribution in [0.5, 0.6) is 0 Å². The topological polar surface area (TPSA) is 125 Å². The summed E-state index contributed by atoms with van der Waals surface area (Å²) in [4.78, 5) is 17.1. The van der Waals surface area contributed by atoms with E-state index >= 15 is 0 Å². The molecule has 10 nitrogen and oxygen atoms in total. The third-order valence-electron chi connectivity index (χ3n) is 5.06. The molecule has 0 spiro atoms. The Kier molecular flexibility index (Phi) is 7.90. The quantitative estimate of drug-likeness (QED) is 0.439. The van der Waals surface area contributed by atoms with Crippen LogP contribution in [0.1, 0.15) is 16.8 Å². The summed E-state index contributed by atoms with van der Waals surface area (Å²) < 4.78 is 24.9. The van der Waals surface area contributed by atoms with Crippen molar-refractivity contribution in [1.29, 1.82) is 0 Å². The fourth-order valence-electron chi connectivity index (χ4n) is 3.31. The molecule has 3 N–H and O–H groups in total. The molecule has 0 aliphatic carbocycles. The van der Waals surface area contributed by atoms with Gasteiger partial charge in [0.15, 0.2) is 11.6 Å². The molecule has 0 unspecified atom stereocenters. The number of sulfonamides is 1. The summed E-state index contributed by atoms with van der Waals surface area (Å²) in [6.07, 6.45) is 6.52. The number of benzene rings is 1. The van der Waals surface area contributed by atoms with E-state index in [2.05, 4.69) is 48.0 Å². The van der Waals surface area contributed by atoms with Gasteiger partial charge in [0.1, 0.15) is 10.7 Å². The monoisotopic (exact) mass is 510 g/mol. The molecule has 4 rings (SSSR count). The van der Waals surface area contributed by atoms with Crippen molar-refractivity contribution in [2.24, 2.45) is 0 Å². The highest BCUT2D eigenvalue weighted by atomic mass is 35.5. The number of halogens is 2. The normalized spacial score (nSPS) is 12.9. The van der Waals surface area contributed by atoms with Gasteiger partial charge in [-0.1, -0.05) is 17.7 Å². The van der Waals surface area contributed by atoms with E-state index in [0.717, 1.165) is 35.8 Å². The molecule has 1 aliphatic heterocycles. The summed E-state index contributed by atoms with van der Waals surface area (Å²) in [6, 6.07) is 6.19. The second-order valence-corrected chi connectivity index (χ2v) is 9.76. The van der Waals surface area contributed by atoms with Crippen LogP contribution in [0, 0.1) is 0 Å². The highest BCUT2D eigenvalue weighted by Gasteiger charge is 2.18. The molecule has 1 aliphatic rings. The van der Waals surface area contributed by atoms with Gasteiger partial charge in [-0.05, 0) is 36.2 Å². The molecule has 0 radical (unpaired) electrons. The van der Waals surface area contributed by atoms with E-state index in [1.165, 1.54) is 36.8 Å². The summed E-state index contributed by atoms with van der Waals surface area (Å²) in [5.41, 5.74) is 3.92. The van der Waals surface area contributed by atoms with Crippen molar-refractivity contribution in [3.63, 3.8) is 0 Å². The molecule has 3 heterocycles. The Morgan fingerprint density at radius 1 is 1.18 bits per heavy atom. The number of rotatable bonds is 7. The van der Waals surface area contributed by atoms with Gasteiger partial charge in [-0.3, -0.25) is 9.29 Å². The van der Waals surface area contributed by atoms with Crippen LogP contribution in [0.2, 0.25) is 5.02 Å². The largest absolute Gasteiger partial charge is 0.363 e. The Labute approximate surface area is 203 Å². The molecule has 13 heteroatoms. The second-order valence-electron chi connectivity index (χ2n) is 7.34. The third kappa shape index (κ3) is 5.99. The van der Waals surface area contributed by atoms with Crippen LogP contribution >= 0.6 is 24.0 Å². The first-order chi connectivity index (χ1) is 15.3. The minimum atomic E-state index is -3.48. The zero-order valence-corrected chi connectivity index (χ0v) is 20.4. The van der Waals surface area contributed by atoms with Crippen molar-refractivity contribution in [2.45, 2.75) is 19.5 Å². The highest BCUT2D eigenvalue weighted by molar-refractivity contribution is 7.92. The molecule has 0 amide bonds. The van der Waals surface area contributed by atoms with Crippen molar-refractivity contribution < 1.29 is 8.42 Å². The maximum Gasteiger partial charge on any atom is 0.233 e. The van der Waals surface area contributed by atoms with Crippen LogP contribution in [0.25, 0.3) is 0 Å². The molecule has 33 heavy (non-hydrogen) atoms. The number of anilines is 4. The Morgan fingerprint density at radius 3 is 2.76 bits per heavy atom. The Morgan fingerprint density at radius 2 is 1.97 bits per heavy atom. The fraction of sp³-hybridized carbons (Fsp3) is 0.300. The van der Waals surface area contributed by atoms with Gasteiger partial charge in [-0.25, -0.2) is 18.4 Å². The number of nitrogens with one attached hydrogen (secondary N) is 3. The lowest BCUT2D eigenvalue weighted by atomic mass is 10.0. The van der Waals surface area contributed by atoms with E-state index in [0.29, 0.717) is 22.5 Å². The zero-order valence-electron chi connectivity index (χ0n) is 18.0. The Balaban J connectivity index is 0.00000306. The molecule has 0 fully saturated rings. The molecular weight excluding hydrogens is 487 g/mol. The van der Waals surface area contributed by atoms with E-state index in [-0.39, 0.29) is 24.8 Å². The molecule has 0 saturated carbocycles. The number of aromatic nitrogens is 4. The van der Waals surface area contributed by atoms with Gasteiger partial charge in [-0.2, -0.15) is 4.98 Å². The van der Waals surface area contributed by atoms with Crippen LogP contribution in [0.15, 0.2) is 36.8 Å². The Hall–Kier alpha value is -2.73. The summed E-state index contributed by atoms with van der Waals surface area (Å²) in [6.45, 7) is 2.01. The average molecular weight is 511 g/mol. The average Bonchev–Trinajstić information content (AvgIpc) is 2.78. The van der Waals surface area contributed by atoms with Gasteiger partial charge >= 0.3 is 0 Å². The van der Waals surface area contributed by atoms with Gasteiger partial charge in [0.05, 0.1) is 19.0 Å². The van der Waals surface area contributed by atoms with E-state index in [1.807, 2.05) is 6.07 Å². The molecule has 2 aromatic heterocycles. The van der Waals surface area contributed by atoms with Gasteiger partial charge in [-0.15, -0.1) is 12.4 Å². The second kappa shape index (κ2) is 10.5. The first kappa shape index (κ1) is 24.9. The zero-order chi connectivity index (χ0) is 22.7. The number of hydrogen-bond acceptors (Lipinski definition) is 9. The minimum absolute atomic E-state index is 0. The van der Waals surface area contributed by atoms with Gasteiger partial charge in [0, 0.05) is 31.7 Å². The third-order valence-corrected chi connectivity index (χ3v) is 6.51. The SMILES string of the molecule is CN(c1nccnc1CNc1nc(Nc2ccc3c(c2)CCNC3)ncc1Cl)S(C)(=O)=O.Cl. The van der Waals surface area contributed by atoms with Crippen molar-refractivity contribution in [3.05, 3.63) is 58.6 Å². The van der Waals surface area contributed by atoms with E-state index in [4.69, 9.17) is 11.6 Å². The van der Waals surface area contributed by atoms with Crippen molar-refractivity contribution in [2.75, 3.05) is 34.8 Å². The number of nitrogens with zero attached hydrogens (tertiary/aromatic N) is 5. The van der Waals surface area contributed by atoms with Gasteiger partial charge < -0.3 is 16.0 Å². The number of fused-ring (bicyclic) bond motifs is 1. The summed E-state index contributed by atoms with van der Waals surface area (Å²) >= 11 is 6.27. The van der Waals surface area contributed by atoms with E-state index < -0.39 is 10.0 Å². The lowest BCUT2D eigenvalue weighted by Gasteiger charge is -2.19. The lowest BCUT2D eigenvalue weighted by molar-refractivity contribution is 0.599. The van der Waals surface area contributed by atoms with Crippen molar-refractivity contribution >= 4 is 57.3 Å². The number of hydrogen-bond donors (Lipinski definition) is 3. The van der Waals surface area contributed by atoms with Crippen LogP contribution in [-0.2, 0) is 29.5 Å². The van der Waals surface area contributed by atoms with Crippen LogP contribution in [0.4, 0.5) is 23.3 Å². The molecule has 3 aromatic rings. The molecule has 1 aromatic carbocycles. The predicted molar refractivity (Wildman–Crippen MR) is 132 cm³/mol.